The molecule has 0 aliphatic heterocycles. The van der Waals surface area contributed by atoms with Crippen molar-refractivity contribution in [2.24, 2.45) is 7.05 Å². The van der Waals surface area contributed by atoms with Crippen molar-refractivity contribution in [3.8, 4) is 11.5 Å². The van der Waals surface area contributed by atoms with Crippen LogP contribution in [0, 0.1) is 6.92 Å². The van der Waals surface area contributed by atoms with Crippen molar-refractivity contribution < 1.29 is 19.5 Å². The Morgan fingerprint density at radius 2 is 1.35 bits per heavy atom. The van der Waals surface area contributed by atoms with Gasteiger partial charge in [-0.3, -0.25) is 4.79 Å². The van der Waals surface area contributed by atoms with E-state index in [2.05, 4.69) is 0 Å². The fourth-order valence-corrected chi connectivity index (χ4v) is 3.45. The average molecular weight is 422 g/mol. The number of nitrogens with zero attached hydrogens (tertiary/aromatic N) is 2. The summed E-state index contributed by atoms with van der Waals surface area (Å²) in [6.07, 6.45) is 0. The molecule has 2 aromatic carbocycles. The van der Waals surface area contributed by atoms with Crippen LogP contribution in [0.3, 0.4) is 0 Å². The molecule has 0 bridgehead atoms. The van der Waals surface area contributed by atoms with Gasteiger partial charge in [-0.15, -0.1) is 0 Å². The predicted octanol–water partition coefficient (Wildman–Crippen LogP) is 1.60. The molecular formula is C23H27BN2O5. The largest absolute Gasteiger partial charge is 0.497 e. The molecule has 0 saturated heterocycles. The van der Waals surface area contributed by atoms with Gasteiger partial charge in [0.1, 0.15) is 17.2 Å². The van der Waals surface area contributed by atoms with E-state index in [0.29, 0.717) is 29.9 Å². The maximum absolute atomic E-state index is 13.1. The van der Waals surface area contributed by atoms with Crippen LogP contribution in [-0.4, -0.2) is 36.0 Å². The highest BCUT2D eigenvalue weighted by Crippen LogP contribution is 2.20. The first-order valence-electron chi connectivity index (χ1n) is 9.91. The monoisotopic (exact) mass is 422 g/mol. The number of ether oxygens (including phenoxy) is 2. The van der Waals surface area contributed by atoms with E-state index in [-0.39, 0.29) is 5.56 Å². The Morgan fingerprint density at radius 3 is 1.74 bits per heavy atom. The first kappa shape index (κ1) is 22.5. The molecule has 0 radical (unpaired) electrons. The van der Waals surface area contributed by atoms with Crippen LogP contribution in [0.25, 0.3) is 0 Å². The van der Waals surface area contributed by atoms with E-state index in [0.717, 1.165) is 22.6 Å². The van der Waals surface area contributed by atoms with Crippen molar-refractivity contribution in [2.45, 2.75) is 20.0 Å². The summed E-state index contributed by atoms with van der Waals surface area (Å²) in [5.41, 5.74) is 2.97. The Kier molecular flexibility index (Phi) is 7.04. The molecular weight excluding hydrogens is 395 g/mol. The number of anilines is 1. The van der Waals surface area contributed by atoms with E-state index in [9.17, 15) is 14.8 Å². The zero-order valence-electron chi connectivity index (χ0n) is 18.2. The summed E-state index contributed by atoms with van der Waals surface area (Å²) in [4.78, 5) is 15.0. The lowest BCUT2D eigenvalue weighted by Crippen LogP contribution is -2.41. The third kappa shape index (κ3) is 5.10. The maximum Gasteiger partial charge on any atom is 0.490 e. The molecule has 1 aromatic heterocycles. The van der Waals surface area contributed by atoms with E-state index in [1.807, 2.05) is 53.4 Å². The predicted molar refractivity (Wildman–Crippen MR) is 122 cm³/mol. The van der Waals surface area contributed by atoms with Crippen molar-refractivity contribution in [2.75, 3.05) is 19.1 Å². The zero-order chi connectivity index (χ0) is 22.5. The number of hydrogen-bond acceptors (Lipinski definition) is 6. The third-order valence-corrected chi connectivity index (χ3v) is 5.42. The second kappa shape index (κ2) is 9.72. The summed E-state index contributed by atoms with van der Waals surface area (Å²) in [7, 11) is 3.19. The summed E-state index contributed by atoms with van der Waals surface area (Å²) in [6, 6.07) is 16.8. The Bertz CT molecular complexity index is 1030. The zero-order valence-corrected chi connectivity index (χ0v) is 18.2. The van der Waals surface area contributed by atoms with Crippen molar-refractivity contribution in [3.05, 3.63) is 81.8 Å². The molecule has 1 heterocycles. The van der Waals surface area contributed by atoms with Crippen molar-refractivity contribution in [3.63, 3.8) is 0 Å². The summed E-state index contributed by atoms with van der Waals surface area (Å²) in [5, 5.41) is 19.6. The number of benzene rings is 2. The van der Waals surface area contributed by atoms with Gasteiger partial charge in [0.25, 0.3) is 5.56 Å². The first-order chi connectivity index (χ1) is 14.8. The van der Waals surface area contributed by atoms with Crippen LogP contribution in [-0.2, 0) is 20.1 Å². The Labute approximate surface area is 182 Å². The summed E-state index contributed by atoms with van der Waals surface area (Å²) < 4.78 is 11.9. The van der Waals surface area contributed by atoms with Crippen LogP contribution in [0.2, 0.25) is 0 Å². The van der Waals surface area contributed by atoms with Crippen LogP contribution < -0.4 is 25.4 Å². The fraction of sp³-hybridized carbons (Fsp3) is 0.261. The molecule has 7 nitrogen and oxygen atoms in total. The molecule has 0 aliphatic rings. The van der Waals surface area contributed by atoms with Crippen LogP contribution in [0.4, 0.5) is 5.69 Å². The molecule has 0 atom stereocenters. The molecule has 0 aliphatic carbocycles. The molecule has 31 heavy (non-hydrogen) atoms. The molecule has 0 amide bonds. The van der Waals surface area contributed by atoms with Gasteiger partial charge in [0, 0.05) is 31.3 Å². The topological polar surface area (TPSA) is 84.2 Å². The molecule has 0 unspecified atom stereocenters. The van der Waals surface area contributed by atoms with Gasteiger partial charge in [-0.2, -0.15) is 0 Å². The molecule has 3 rings (SSSR count). The van der Waals surface area contributed by atoms with Gasteiger partial charge in [-0.25, -0.2) is 0 Å². The SMILES string of the molecule is COc1ccc(CN(Cc2ccc(OC)cc2)c2cc(B(O)O)c(C)n(C)c2=O)cc1. The van der Waals surface area contributed by atoms with E-state index in [4.69, 9.17) is 9.47 Å². The molecule has 2 N–H and O–H groups in total. The molecule has 0 saturated carbocycles. The van der Waals surface area contributed by atoms with Gasteiger partial charge in [0.2, 0.25) is 0 Å². The minimum atomic E-state index is -1.67. The van der Waals surface area contributed by atoms with Crippen LogP contribution in [0.15, 0.2) is 59.4 Å². The van der Waals surface area contributed by atoms with E-state index >= 15 is 0 Å². The number of aromatic nitrogens is 1. The first-order valence-corrected chi connectivity index (χ1v) is 9.91. The van der Waals surface area contributed by atoms with Crippen LogP contribution in [0.1, 0.15) is 16.8 Å². The average Bonchev–Trinajstić information content (AvgIpc) is 2.78. The Morgan fingerprint density at radius 1 is 0.903 bits per heavy atom. The minimum absolute atomic E-state index is 0.205. The molecule has 3 aromatic rings. The Hall–Kier alpha value is -3.23. The van der Waals surface area contributed by atoms with Gasteiger partial charge in [0.05, 0.1) is 14.2 Å². The van der Waals surface area contributed by atoms with Crippen LogP contribution >= 0.6 is 0 Å². The number of hydrogen-bond donors (Lipinski definition) is 2. The molecule has 8 heteroatoms. The fourth-order valence-electron chi connectivity index (χ4n) is 3.45. The van der Waals surface area contributed by atoms with Crippen molar-refractivity contribution in [1.82, 2.24) is 4.57 Å². The lowest BCUT2D eigenvalue weighted by molar-refractivity contribution is 0.414. The third-order valence-electron chi connectivity index (χ3n) is 5.42. The molecule has 0 fully saturated rings. The smallest absolute Gasteiger partial charge is 0.490 e. The quantitative estimate of drug-likeness (QED) is 0.537. The Balaban J connectivity index is 2.04. The standard InChI is InChI=1S/C23H27BN2O5/c1-16-21(24(28)29)13-22(23(27)25(16)2)26(14-17-5-9-19(30-3)10-6-17)15-18-7-11-20(31-4)12-8-18/h5-13,28-29H,14-15H2,1-4H3. The second-order valence-electron chi connectivity index (χ2n) is 7.36. The number of pyridine rings is 1. The number of methoxy groups -OCH3 is 2. The summed E-state index contributed by atoms with van der Waals surface area (Å²) in [5.74, 6) is 1.50. The summed E-state index contributed by atoms with van der Waals surface area (Å²) in [6.45, 7) is 2.60. The lowest BCUT2D eigenvalue weighted by Gasteiger charge is -2.26. The second-order valence-corrected chi connectivity index (χ2v) is 7.36. The van der Waals surface area contributed by atoms with Crippen LogP contribution in [0.5, 0.6) is 11.5 Å². The maximum atomic E-state index is 13.1. The van der Waals surface area contributed by atoms with Gasteiger partial charge < -0.3 is 29.0 Å². The van der Waals surface area contributed by atoms with E-state index < -0.39 is 7.12 Å². The van der Waals surface area contributed by atoms with Crippen molar-refractivity contribution in [1.29, 1.82) is 0 Å². The van der Waals surface area contributed by atoms with Gasteiger partial charge in [-0.05, 0) is 48.4 Å². The summed E-state index contributed by atoms with van der Waals surface area (Å²) >= 11 is 0. The van der Waals surface area contributed by atoms with Crippen molar-refractivity contribution >= 4 is 18.3 Å². The van der Waals surface area contributed by atoms with E-state index in [1.165, 1.54) is 4.57 Å². The lowest BCUT2D eigenvalue weighted by atomic mass is 9.78. The van der Waals surface area contributed by atoms with E-state index in [1.54, 1.807) is 34.3 Å². The molecule has 0 spiro atoms. The highest BCUT2D eigenvalue weighted by molar-refractivity contribution is 6.59. The highest BCUT2D eigenvalue weighted by atomic mass is 16.5. The van der Waals surface area contributed by atoms with Gasteiger partial charge >= 0.3 is 7.12 Å². The minimum Gasteiger partial charge on any atom is -0.497 e. The van der Waals surface area contributed by atoms with Gasteiger partial charge in [0.15, 0.2) is 0 Å². The number of rotatable bonds is 8. The van der Waals surface area contributed by atoms with Gasteiger partial charge in [-0.1, -0.05) is 24.3 Å². The highest BCUT2D eigenvalue weighted by Gasteiger charge is 2.22. The molecule has 162 valence electrons. The normalized spacial score (nSPS) is 10.6.